The SMILES string of the molecule is COC(=O)C(CN(C)CC(C)O)c1ccccc1. The van der Waals surface area contributed by atoms with E-state index in [0.717, 1.165) is 5.56 Å². The Morgan fingerprint density at radius 2 is 1.94 bits per heavy atom. The van der Waals surface area contributed by atoms with Crippen molar-refractivity contribution in [2.45, 2.75) is 18.9 Å². The molecule has 0 radical (unpaired) electrons. The molecule has 1 N–H and O–H groups in total. The standard InChI is InChI=1S/C14H21NO3/c1-11(16)9-15(2)10-13(14(17)18-3)12-7-5-4-6-8-12/h4-8,11,13,16H,9-10H2,1-3H3. The van der Waals surface area contributed by atoms with Crippen LogP contribution in [0.25, 0.3) is 0 Å². The van der Waals surface area contributed by atoms with Crippen LogP contribution in [0.3, 0.4) is 0 Å². The van der Waals surface area contributed by atoms with Crippen molar-refractivity contribution in [3.8, 4) is 0 Å². The average Bonchev–Trinajstić information content (AvgIpc) is 2.35. The van der Waals surface area contributed by atoms with Crippen molar-refractivity contribution in [1.82, 2.24) is 4.90 Å². The third kappa shape index (κ3) is 4.47. The van der Waals surface area contributed by atoms with Gasteiger partial charge in [-0.05, 0) is 19.5 Å². The number of benzene rings is 1. The van der Waals surface area contributed by atoms with E-state index in [0.29, 0.717) is 13.1 Å². The lowest BCUT2D eigenvalue weighted by molar-refractivity contribution is -0.143. The zero-order valence-corrected chi connectivity index (χ0v) is 11.2. The fourth-order valence-electron chi connectivity index (χ4n) is 1.98. The van der Waals surface area contributed by atoms with E-state index < -0.39 is 6.10 Å². The summed E-state index contributed by atoms with van der Waals surface area (Å²) in [4.78, 5) is 13.8. The smallest absolute Gasteiger partial charge is 0.314 e. The number of carbonyl (C=O) groups excluding carboxylic acids is 1. The number of nitrogens with zero attached hydrogens (tertiary/aromatic N) is 1. The number of carbonyl (C=O) groups is 1. The number of rotatable bonds is 6. The Labute approximate surface area is 108 Å². The number of ether oxygens (including phenoxy) is 1. The summed E-state index contributed by atoms with van der Waals surface area (Å²) in [6.07, 6.45) is -0.413. The van der Waals surface area contributed by atoms with E-state index in [-0.39, 0.29) is 11.9 Å². The van der Waals surface area contributed by atoms with Gasteiger partial charge in [-0.3, -0.25) is 4.79 Å². The highest BCUT2D eigenvalue weighted by Crippen LogP contribution is 2.18. The largest absolute Gasteiger partial charge is 0.469 e. The summed E-state index contributed by atoms with van der Waals surface area (Å²) in [6, 6.07) is 9.55. The van der Waals surface area contributed by atoms with Gasteiger partial charge in [-0.2, -0.15) is 0 Å². The Balaban J connectivity index is 2.77. The minimum Gasteiger partial charge on any atom is -0.469 e. The number of hydrogen-bond acceptors (Lipinski definition) is 4. The van der Waals surface area contributed by atoms with Crippen LogP contribution in [-0.2, 0) is 9.53 Å². The molecule has 0 saturated heterocycles. The van der Waals surface area contributed by atoms with Gasteiger partial charge in [0.1, 0.15) is 0 Å². The van der Waals surface area contributed by atoms with E-state index in [1.54, 1.807) is 6.92 Å². The van der Waals surface area contributed by atoms with Crippen LogP contribution in [0.2, 0.25) is 0 Å². The van der Waals surface area contributed by atoms with Crippen LogP contribution < -0.4 is 0 Å². The van der Waals surface area contributed by atoms with Gasteiger partial charge in [-0.1, -0.05) is 30.3 Å². The molecule has 0 aliphatic heterocycles. The van der Waals surface area contributed by atoms with Crippen molar-refractivity contribution in [3.63, 3.8) is 0 Å². The lowest BCUT2D eigenvalue weighted by atomic mass is 9.98. The second-order valence-electron chi connectivity index (χ2n) is 4.56. The fraction of sp³-hybridized carbons (Fsp3) is 0.500. The highest BCUT2D eigenvalue weighted by molar-refractivity contribution is 5.78. The quantitative estimate of drug-likeness (QED) is 0.773. The summed E-state index contributed by atoms with van der Waals surface area (Å²) in [6.45, 7) is 2.79. The minimum absolute atomic E-state index is 0.251. The fourth-order valence-corrected chi connectivity index (χ4v) is 1.98. The number of likely N-dealkylation sites (N-methyl/N-ethyl adjacent to an activating group) is 1. The maximum atomic E-state index is 11.8. The molecular weight excluding hydrogens is 230 g/mol. The topological polar surface area (TPSA) is 49.8 Å². The molecule has 100 valence electrons. The molecule has 0 aromatic heterocycles. The Hall–Kier alpha value is -1.39. The molecule has 0 heterocycles. The first-order valence-corrected chi connectivity index (χ1v) is 6.04. The van der Waals surface area contributed by atoms with Gasteiger partial charge < -0.3 is 14.7 Å². The molecule has 2 atom stereocenters. The minimum atomic E-state index is -0.413. The van der Waals surface area contributed by atoms with E-state index in [9.17, 15) is 9.90 Å². The predicted molar refractivity (Wildman–Crippen MR) is 70.4 cm³/mol. The monoisotopic (exact) mass is 251 g/mol. The first-order chi connectivity index (χ1) is 8.54. The van der Waals surface area contributed by atoms with Crippen LogP contribution in [0, 0.1) is 0 Å². The third-order valence-electron chi connectivity index (χ3n) is 2.76. The van der Waals surface area contributed by atoms with Crippen LogP contribution in [0.4, 0.5) is 0 Å². The highest BCUT2D eigenvalue weighted by atomic mass is 16.5. The second kappa shape index (κ2) is 7.13. The molecule has 1 rings (SSSR count). The molecule has 0 aliphatic carbocycles. The Kier molecular flexibility index (Phi) is 5.82. The molecule has 0 saturated carbocycles. The van der Waals surface area contributed by atoms with Crippen LogP contribution in [0.15, 0.2) is 30.3 Å². The van der Waals surface area contributed by atoms with Crippen molar-refractivity contribution in [3.05, 3.63) is 35.9 Å². The maximum absolute atomic E-state index is 11.8. The zero-order chi connectivity index (χ0) is 13.5. The van der Waals surface area contributed by atoms with E-state index in [1.165, 1.54) is 7.11 Å². The van der Waals surface area contributed by atoms with Crippen LogP contribution in [0.1, 0.15) is 18.4 Å². The number of methoxy groups -OCH3 is 1. The van der Waals surface area contributed by atoms with Gasteiger partial charge in [0, 0.05) is 13.1 Å². The van der Waals surface area contributed by atoms with E-state index >= 15 is 0 Å². The van der Waals surface area contributed by atoms with Gasteiger partial charge in [0.25, 0.3) is 0 Å². The summed E-state index contributed by atoms with van der Waals surface area (Å²) in [5.41, 5.74) is 0.932. The summed E-state index contributed by atoms with van der Waals surface area (Å²) >= 11 is 0. The zero-order valence-electron chi connectivity index (χ0n) is 11.2. The van der Waals surface area contributed by atoms with Crippen molar-refractivity contribution in [1.29, 1.82) is 0 Å². The highest BCUT2D eigenvalue weighted by Gasteiger charge is 2.23. The van der Waals surface area contributed by atoms with Crippen LogP contribution in [-0.4, -0.2) is 49.3 Å². The second-order valence-corrected chi connectivity index (χ2v) is 4.56. The Morgan fingerprint density at radius 3 is 2.44 bits per heavy atom. The Morgan fingerprint density at radius 1 is 1.33 bits per heavy atom. The number of hydrogen-bond donors (Lipinski definition) is 1. The number of aliphatic hydroxyl groups is 1. The molecule has 0 spiro atoms. The van der Waals surface area contributed by atoms with E-state index in [1.807, 2.05) is 42.3 Å². The Bertz CT molecular complexity index is 365. The molecule has 0 aliphatic rings. The van der Waals surface area contributed by atoms with Crippen molar-refractivity contribution < 1.29 is 14.6 Å². The number of esters is 1. The van der Waals surface area contributed by atoms with E-state index in [2.05, 4.69) is 0 Å². The summed E-state index contributed by atoms with van der Waals surface area (Å²) in [5, 5.41) is 9.34. The third-order valence-corrected chi connectivity index (χ3v) is 2.76. The van der Waals surface area contributed by atoms with E-state index in [4.69, 9.17) is 4.74 Å². The first kappa shape index (κ1) is 14.7. The van der Waals surface area contributed by atoms with Crippen molar-refractivity contribution in [2.24, 2.45) is 0 Å². The van der Waals surface area contributed by atoms with Gasteiger partial charge in [0.2, 0.25) is 0 Å². The first-order valence-electron chi connectivity index (χ1n) is 6.04. The van der Waals surface area contributed by atoms with Gasteiger partial charge >= 0.3 is 5.97 Å². The van der Waals surface area contributed by atoms with Gasteiger partial charge in [0.15, 0.2) is 0 Å². The molecule has 2 unspecified atom stereocenters. The molecule has 1 aromatic carbocycles. The molecule has 4 nitrogen and oxygen atoms in total. The lowest BCUT2D eigenvalue weighted by Crippen LogP contribution is -2.34. The predicted octanol–water partition coefficient (Wildman–Crippen LogP) is 1.26. The molecule has 0 amide bonds. The number of aliphatic hydroxyl groups excluding tert-OH is 1. The molecule has 18 heavy (non-hydrogen) atoms. The molecule has 4 heteroatoms. The van der Waals surface area contributed by atoms with Gasteiger partial charge in [-0.15, -0.1) is 0 Å². The average molecular weight is 251 g/mol. The summed E-state index contributed by atoms with van der Waals surface area (Å²) < 4.78 is 4.84. The van der Waals surface area contributed by atoms with Crippen LogP contribution >= 0.6 is 0 Å². The van der Waals surface area contributed by atoms with Crippen molar-refractivity contribution in [2.75, 3.05) is 27.2 Å². The summed E-state index contributed by atoms with van der Waals surface area (Å²) in [5.74, 6) is -0.571. The molecule has 0 fully saturated rings. The molecular formula is C14H21NO3. The summed E-state index contributed by atoms with van der Waals surface area (Å²) in [7, 11) is 3.28. The maximum Gasteiger partial charge on any atom is 0.314 e. The normalized spacial score (nSPS) is 14.3. The van der Waals surface area contributed by atoms with Crippen LogP contribution in [0.5, 0.6) is 0 Å². The van der Waals surface area contributed by atoms with Gasteiger partial charge in [0.05, 0.1) is 19.1 Å². The lowest BCUT2D eigenvalue weighted by Gasteiger charge is -2.23. The molecule has 0 bridgehead atoms. The van der Waals surface area contributed by atoms with Gasteiger partial charge in [-0.25, -0.2) is 0 Å². The van der Waals surface area contributed by atoms with Crippen molar-refractivity contribution >= 4 is 5.97 Å². The molecule has 1 aromatic rings.